The molecule has 20 heavy (non-hydrogen) atoms. The van der Waals surface area contributed by atoms with E-state index in [0.717, 1.165) is 36.3 Å². The van der Waals surface area contributed by atoms with Crippen molar-refractivity contribution in [1.82, 2.24) is 19.7 Å². The second-order valence-corrected chi connectivity index (χ2v) is 5.04. The van der Waals surface area contributed by atoms with Gasteiger partial charge in [-0.05, 0) is 19.8 Å². The summed E-state index contributed by atoms with van der Waals surface area (Å²) < 4.78 is 7.36. The molecule has 108 valence electrons. The quantitative estimate of drug-likeness (QED) is 0.841. The largest absolute Gasteiger partial charge is 0.394 e. The van der Waals surface area contributed by atoms with Crippen LogP contribution < -0.4 is 5.32 Å². The van der Waals surface area contributed by atoms with Crippen molar-refractivity contribution in [3.8, 4) is 0 Å². The van der Waals surface area contributed by atoms with Crippen LogP contribution in [0.5, 0.6) is 0 Å². The first-order valence-electron chi connectivity index (χ1n) is 6.95. The van der Waals surface area contributed by atoms with Crippen LogP contribution in [-0.4, -0.2) is 50.2 Å². The van der Waals surface area contributed by atoms with Crippen LogP contribution in [0.15, 0.2) is 12.5 Å². The van der Waals surface area contributed by atoms with Gasteiger partial charge in [0.1, 0.15) is 12.1 Å². The molecule has 0 radical (unpaired) electrons. The van der Waals surface area contributed by atoms with E-state index >= 15 is 0 Å². The molecule has 1 aliphatic rings. The molecule has 0 spiro atoms. The highest BCUT2D eigenvalue weighted by atomic mass is 16.5. The van der Waals surface area contributed by atoms with Crippen molar-refractivity contribution in [2.75, 3.05) is 18.5 Å². The molecule has 0 bridgehead atoms. The first-order valence-corrected chi connectivity index (χ1v) is 6.95. The fourth-order valence-corrected chi connectivity index (χ4v) is 2.57. The Kier molecular flexibility index (Phi) is 3.79. The normalized spacial score (nSPS) is 20.4. The van der Waals surface area contributed by atoms with Crippen LogP contribution in [0, 0.1) is 0 Å². The lowest BCUT2D eigenvalue weighted by Crippen LogP contribution is -2.30. The van der Waals surface area contributed by atoms with Crippen LogP contribution in [0.3, 0.4) is 0 Å². The molecule has 2 atom stereocenters. The summed E-state index contributed by atoms with van der Waals surface area (Å²) in [7, 11) is 0. The lowest BCUT2D eigenvalue weighted by atomic mass is 10.1. The molecule has 0 aliphatic carbocycles. The Bertz CT molecular complexity index is 579. The zero-order chi connectivity index (χ0) is 13.9. The molecule has 2 aromatic heterocycles. The van der Waals surface area contributed by atoms with Crippen molar-refractivity contribution in [3.05, 3.63) is 12.5 Å². The van der Waals surface area contributed by atoms with Gasteiger partial charge in [0.2, 0.25) is 0 Å². The van der Waals surface area contributed by atoms with Crippen molar-refractivity contribution in [3.63, 3.8) is 0 Å². The molecular weight excluding hydrogens is 258 g/mol. The van der Waals surface area contributed by atoms with Crippen LogP contribution >= 0.6 is 0 Å². The molecule has 0 amide bonds. The van der Waals surface area contributed by atoms with E-state index in [2.05, 4.69) is 27.3 Å². The van der Waals surface area contributed by atoms with Crippen LogP contribution in [0.4, 0.5) is 5.82 Å². The number of aromatic nitrogens is 4. The van der Waals surface area contributed by atoms with Crippen molar-refractivity contribution in [2.45, 2.75) is 38.5 Å². The highest BCUT2D eigenvalue weighted by Gasteiger charge is 2.23. The minimum atomic E-state index is 0.0376. The summed E-state index contributed by atoms with van der Waals surface area (Å²) in [5.74, 6) is 0.766. The number of fused-ring (bicyclic) bond motifs is 1. The van der Waals surface area contributed by atoms with Crippen molar-refractivity contribution in [1.29, 1.82) is 0 Å². The minimum Gasteiger partial charge on any atom is -0.394 e. The molecule has 2 N–H and O–H groups in total. The topological polar surface area (TPSA) is 85.1 Å². The minimum absolute atomic E-state index is 0.0376. The number of hydrogen-bond acceptors (Lipinski definition) is 6. The summed E-state index contributed by atoms with van der Waals surface area (Å²) in [6.07, 6.45) is 5.67. The van der Waals surface area contributed by atoms with Gasteiger partial charge in [0, 0.05) is 6.61 Å². The lowest BCUT2D eigenvalue weighted by Gasteiger charge is -2.20. The fraction of sp³-hybridized carbons (Fsp3) is 0.615. The van der Waals surface area contributed by atoms with Crippen LogP contribution in [0.1, 0.15) is 19.8 Å². The Balaban J connectivity index is 1.84. The van der Waals surface area contributed by atoms with E-state index in [4.69, 9.17) is 9.84 Å². The molecule has 2 aromatic rings. The van der Waals surface area contributed by atoms with E-state index in [1.807, 2.05) is 0 Å². The van der Waals surface area contributed by atoms with Crippen LogP contribution in [0.25, 0.3) is 11.0 Å². The summed E-state index contributed by atoms with van der Waals surface area (Å²) in [4.78, 5) is 8.53. The van der Waals surface area contributed by atoms with Gasteiger partial charge in [-0.3, -0.25) is 0 Å². The van der Waals surface area contributed by atoms with Gasteiger partial charge in [-0.15, -0.1) is 0 Å². The van der Waals surface area contributed by atoms with Crippen LogP contribution in [-0.2, 0) is 11.3 Å². The first-order chi connectivity index (χ1) is 9.79. The SMILES string of the molecule is C[C@H](Nc1ncnc2c1cnn2CCO)[C@H]1CCCO1. The Labute approximate surface area is 117 Å². The highest BCUT2D eigenvalue weighted by Crippen LogP contribution is 2.22. The number of anilines is 1. The Morgan fingerprint density at radius 2 is 2.45 bits per heavy atom. The Morgan fingerprint density at radius 3 is 3.20 bits per heavy atom. The first kappa shape index (κ1) is 13.3. The summed E-state index contributed by atoms with van der Waals surface area (Å²) >= 11 is 0. The second kappa shape index (κ2) is 5.72. The second-order valence-electron chi connectivity index (χ2n) is 5.04. The molecule has 0 unspecified atom stereocenters. The van der Waals surface area contributed by atoms with Crippen molar-refractivity contribution in [2.24, 2.45) is 0 Å². The Morgan fingerprint density at radius 1 is 1.55 bits per heavy atom. The van der Waals surface area contributed by atoms with E-state index < -0.39 is 0 Å². The maximum atomic E-state index is 9.02. The predicted octanol–water partition coefficient (Wildman–Crippen LogP) is 0.798. The molecule has 1 aliphatic heterocycles. The number of aliphatic hydroxyl groups is 1. The van der Waals surface area contributed by atoms with E-state index in [9.17, 15) is 0 Å². The Hall–Kier alpha value is -1.73. The van der Waals surface area contributed by atoms with E-state index in [-0.39, 0.29) is 18.8 Å². The molecule has 0 aromatic carbocycles. The maximum absolute atomic E-state index is 9.02. The third-order valence-electron chi connectivity index (χ3n) is 3.63. The predicted molar refractivity (Wildman–Crippen MR) is 74.5 cm³/mol. The van der Waals surface area contributed by atoms with Gasteiger partial charge >= 0.3 is 0 Å². The molecule has 7 nitrogen and oxygen atoms in total. The van der Waals surface area contributed by atoms with Gasteiger partial charge in [-0.25, -0.2) is 14.6 Å². The third-order valence-corrected chi connectivity index (χ3v) is 3.63. The van der Waals surface area contributed by atoms with Gasteiger partial charge in [0.05, 0.1) is 36.9 Å². The van der Waals surface area contributed by atoms with Crippen molar-refractivity contribution >= 4 is 16.9 Å². The van der Waals surface area contributed by atoms with Crippen molar-refractivity contribution < 1.29 is 9.84 Å². The number of nitrogens with one attached hydrogen (secondary N) is 1. The van der Waals surface area contributed by atoms with Gasteiger partial charge in [0.25, 0.3) is 0 Å². The molecule has 7 heteroatoms. The molecule has 0 saturated carbocycles. The smallest absolute Gasteiger partial charge is 0.163 e. The van der Waals surface area contributed by atoms with Crippen LogP contribution in [0.2, 0.25) is 0 Å². The molecule has 1 saturated heterocycles. The highest BCUT2D eigenvalue weighted by molar-refractivity contribution is 5.86. The standard InChI is InChI=1S/C13H19N5O2/c1-9(11-3-2-6-20-11)17-12-10-7-16-18(4-5-19)13(10)15-8-14-12/h7-9,11,19H,2-6H2,1H3,(H,14,15,17)/t9-,11+/m0/s1. The number of hydrogen-bond donors (Lipinski definition) is 2. The van der Waals surface area contributed by atoms with E-state index in [1.54, 1.807) is 10.9 Å². The summed E-state index contributed by atoms with van der Waals surface area (Å²) in [6, 6.07) is 0.191. The molecular formula is C13H19N5O2. The average molecular weight is 277 g/mol. The van der Waals surface area contributed by atoms with Gasteiger partial charge < -0.3 is 15.2 Å². The number of rotatable bonds is 5. The van der Waals surface area contributed by atoms with Gasteiger partial charge in [-0.2, -0.15) is 5.10 Å². The molecule has 1 fully saturated rings. The summed E-state index contributed by atoms with van der Waals surface area (Å²) in [5, 5.41) is 17.5. The number of ether oxygens (including phenoxy) is 1. The number of nitrogens with zero attached hydrogens (tertiary/aromatic N) is 4. The summed E-state index contributed by atoms with van der Waals surface area (Å²) in [6.45, 7) is 3.41. The number of aliphatic hydroxyl groups excluding tert-OH is 1. The van der Waals surface area contributed by atoms with Gasteiger partial charge in [-0.1, -0.05) is 0 Å². The molecule has 3 rings (SSSR count). The zero-order valence-corrected chi connectivity index (χ0v) is 11.5. The molecule has 3 heterocycles. The summed E-state index contributed by atoms with van der Waals surface area (Å²) in [5.41, 5.74) is 0.732. The van der Waals surface area contributed by atoms with E-state index in [1.165, 1.54) is 6.33 Å². The lowest BCUT2D eigenvalue weighted by molar-refractivity contribution is 0.0996. The van der Waals surface area contributed by atoms with E-state index in [0.29, 0.717) is 6.54 Å². The monoisotopic (exact) mass is 277 g/mol. The average Bonchev–Trinajstić information content (AvgIpc) is 3.09. The third kappa shape index (κ3) is 2.46. The maximum Gasteiger partial charge on any atom is 0.163 e. The zero-order valence-electron chi connectivity index (χ0n) is 11.5. The fourth-order valence-electron chi connectivity index (χ4n) is 2.57. The van der Waals surface area contributed by atoms with Gasteiger partial charge in [0.15, 0.2) is 5.65 Å².